The smallest absolute Gasteiger partial charge is 0.267 e. The van der Waals surface area contributed by atoms with Crippen molar-refractivity contribution in [1.82, 2.24) is 30.5 Å². The molecule has 11 heteroatoms. The van der Waals surface area contributed by atoms with E-state index in [1.807, 2.05) is 0 Å². The highest BCUT2D eigenvalue weighted by atomic mass is 32.1. The van der Waals surface area contributed by atoms with E-state index in [-0.39, 0.29) is 5.69 Å². The summed E-state index contributed by atoms with van der Waals surface area (Å²) in [6, 6.07) is 0. The van der Waals surface area contributed by atoms with Crippen LogP contribution in [0, 0.1) is 0 Å². The molecule has 0 radical (unpaired) electrons. The van der Waals surface area contributed by atoms with Crippen molar-refractivity contribution in [3.8, 4) is 0 Å². The maximum Gasteiger partial charge on any atom is 0.484 e. The Morgan fingerprint density at radius 2 is 2.14 bits per heavy atom. The Balaban J connectivity index is 1.76. The average Bonchev–Trinajstić information content (AvgIpc) is 3.04. The van der Waals surface area contributed by atoms with Gasteiger partial charge in [-0.2, -0.15) is 13.2 Å². The predicted octanol–water partition coefficient (Wildman–Crippen LogP) is 1.40. The van der Waals surface area contributed by atoms with E-state index < -0.39 is 12.2 Å². The number of rotatable bonds is 6. The Kier molecular flexibility index (Phi) is 4.83. The molecule has 0 aliphatic carbocycles. The average molecular weight is 320 g/mol. The molecule has 0 bridgehead atoms. The zero-order chi connectivity index (χ0) is 15.3. The normalized spacial score (nSPS) is 11.6. The molecule has 7 nitrogen and oxygen atoms in total. The Hall–Kier alpha value is -2.04. The van der Waals surface area contributed by atoms with E-state index in [0.717, 1.165) is 29.6 Å². The molecule has 2 heterocycles. The molecule has 0 spiro atoms. The van der Waals surface area contributed by atoms with Crippen LogP contribution < -0.4 is 5.32 Å². The van der Waals surface area contributed by atoms with Gasteiger partial charge in [-0.3, -0.25) is 14.8 Å². The van der Waals surface area contributed by atoms with Crippen LogP contribution in [0.4, 0.5) is 13.2 Å². The minimum absolute atomic E-state index is 0.364. The van der Waals surface area contributed by atoms with Crippen molar-refractivity contribution in [3.63, 3.8) is 0 Å². The summed E-state index contributed by atoms with van der Waals surface area (Å²) in [6.07, 6.45) is -1.24. The highest BCUT2D eigenvalue weighted by Crippen LogP contribution is 2.11. The zero-order valence-electron chi connectivity index (χ0n) is 10.7. The number of hydrogen-bond donors (Lipinski definition) is 1. The lowest BCUT2D eigenvalue weighted by molar-refractivity contribution is -0.146. The first-order valence-electron chi connectivity index (χ1n) is 5.98. The van der Waals surface area contributed by atoms with Crippen LogP contribution in [0.3, 0.4) is 0 Å². The molecular weight excluding hydrogens is 309 g/mol. The third kappa shape index (κ3) is 5.10. The number of aromatic nitrogens is 5. The van der Waals surface area contributed by atoms with Crippen molar-refractivity contribution in [2.45, 2.75) is 32.1 Å². The summed E-state index contributed by atoms with van der Waals surface area (Å²) >= 11 is 1.47. The number of amides is 1. The molecule has 2 aromatic rings. The van der Waals surface area contributed by atoms with Gasteiger partial charge in [-0.15, -0.1) is 26.6 Å². The van der Waals surface area contributed by atoms with E-state index in [9.17, 15) is 18.0 Å². The van der Waals surface area contributed by atoms with Gasteiger partial charge in [0.1, 0.15) is 10.5 Å². The van der Waals surface area contributed by atoms with Crippen molar-refractivity contribution < 1.29 is 18.0 Å². The first-order valence-corrected chi connectivity index (χ1v) is 6.86. The van der Waals surface area contributed by atoms with Crippen molar-refractivity contribution >= 4 is 17.2 Å². The third-order valence-corrected chi connectivity index (χ3v) is 3.22. The summed E-state index contributed by atoms with van der Waals surface area (Å²) < 4.78 is 37.3. The molecule has 0 saturated heterocycles. The van der Waals surface area contributed by atoms with Crippen LogP contribution in [-0.4, -0.2) is 37.4 Å². The van der Waals surface area contributed by atoms with E-state index in [2.05, 4.69) is 20.5 Å². The molecule has 0 unspecified atom stereocenters. The Bertz CT molecular complexity index is 582. The number of nitrogens with zero attached hydrogens (tertiary/aromatic N) is 5. The number of hydrogen-bond acceptors (Lipinski definition) is 6. The van der Waals surface area contributed by atoms with Crippen molar-refractivity contribution in [1.29, 1.82) is 0 Å². The monoisotopic (exact) mass is 320 g/mol. The fraction of sp³-hybridized carbons (Fsp3) is 0.500. The van der Waals surface area contributed by atoms with E-state index in [1.54, 1.807) is 5.51 Å². The van der Waals surface area contributed by atoms with Crippen LogP contribution in [-0.2, 0) is 13.0 Å². The van der Waals surface area contributed by atoms with E-state index >= 15 is 0 Å². The minimum atomic E-state index is -4.78. The van der Waals surface area contributed by atoms with Gasteiger partial charge in [0, 0.05) is 13.0 Å². The molecule has 0 aliphatic heterocycles. The second-order valence-electron chi connectivity index (χ2n) is 4.11. The topological polar surface area (TPSA) is 85.6 Å². The van der Waals surface area contributed by atoms with Crippen molar-refractivity contribution in [2.75, 3.05) is 0 Å². The summed E-state index contributed by atoms with van der Waals surface area (Å²) in [5.74, 6) is -1.32. The van der Waals surface area contributed by atoms with Crippen LogP contribution in [0.1, 0.15) is 28.3 Å². The van der Waals surface area contributed by atoms with Crippen LogP contribution in [0.25, 0.3) is 0 Å². The lowest BCUT2D eigenvalue weighted by atomic mass is 10.2. The Morgan fingerprint density at radius 3 is 2.81 bits per heavy atom. The SMILES string of the molecule is O=C(NC(F)(F)F)c1cn(CCCCc2nncs2)nn1. The van der Waals surface area contributed by atoms with Gasteiger partial charge in [-0.1, -0.05) is 5.21 Å². The van der Waals surface area contributed by atoms with Gasteiger partial charge in [0.05, 0.1) is 6.20 Å². The van der Waals surface area contributed by atoms with Crippen molar-refractivity contribution in [3.05, 3.63) is 22.4 Å². The van der Waals surface area contributed by atoms with Gasteiger partial charge in [-0.25, -0.2) is 0 Å². The maximum absolute atomic E-state index is 12.0. The fourth-order valence-corrected chi connectivity index (χ4v) is 2.13. The lowest BCUT2D eigenvalue weighted by Gasteiger charge is -2.05. The molecule has 0 aliphatic rings. The van der Waals surface area contributed by atoms with E-state index in [1.165, 1.54) is 22.2 Å². The summed E-state index contributed by atoms with van der Waals surface area (Å²) in [4.78, 5) is 11.2. The summed E-state index contributed by atoms with van der Waals surface area (Å²) in [7, 11) is 0. The Morgan fingerprint density at radius 1 is 1.33 bits per heavy atom. The fourth-order valence-electron chi connectivity index (χ4n) is 1.56. The van der Waals surface area contributed by atoms with Gasteiger partial charge >= 0.3 is 6.30 Å². The van der Waals surface area contributed by atoms with Crippen molar-refractivity contribution in [2.24, 2.45) is 0 Å². The van der Waals surface area contributed by atoms with Gasteiger partial charge in [0.2, 0.25) is 0 Å². The largest absolute Gasteiger partial charge is 0.484 e. The summed E-state index contributed by atoms with van der Waals surface area (Å²) in [6.45, 7) is 0.463. The molecule has 0 aromatic carbocycles. The Labute approximate surface area is 121 Å². The van der Waals surface area contributed by atoms with Gasteiger partial charge in [0.15, 0.2) is 5.69 Å². The van der Waals surface area contributed by atoms with Crippen LogP contribution in [0.2, 0.25) is 0 Å². The molecule has 1 amide bonds. The number of halogens is 3. The highest BCUT2D eigenvalue weighted by Gasteiger charge is 2.31. The molecular formula is C10H11F3N6OS. The van der Waals surface area contributed by atoms with Crippen LogP contribution in [0.15, 0.2) is 11.7 Å². The van der Waals surface area contributed by atoms with Gasteiger partial charge < -0.3 is 0 Å². The van der Waals surface area contributed by atoms with E-state index in [0.29, 0.717) is 6.54 Å². The first-order chi connectivity index (χ1) is 9.94. The molecule has 2 aromatic heterocycles. The zero-order valence-corrected chi connectivity index (χ0v) is 11.5. The molecule has 0 fully saturated rings. The summed E-state index contributed by atoms with van der Waals surface area (Å²) in [5, 5.41) is 16.4. The second-order valence-corrected chi connectivity index (χ2v) is 5.03. The van der Waals surface area contributed by atoms with Crippen LogP contribution >= 0.6 is 11.3 Å². The standard InChI is InChI=1S/C10H11F3N6OS/c11-10(12,13)15-9(20)7-5-19(18-16-7)4-2-1-3-8-17-14-6-21-8/h5-6H,1-4H2,(H,15,20). The lowest BCUT2D eigenvalue weighted by Crippen LogP contribution is -2.37. The first kappa shape index (κ1) is 15.4. The molecule has 0 saturated carbocycles. The quantitative estimate of drug-likeness (QED) is 0.642. The minimum Gasteiger partial charge on any atom is -0.267 e. The molecule has 1 N–H and O–H groups in total. The maximum atomic E-state index is 12.0. The van der Waals surface area contributed by atoms with Gasteiger partial charge in [-0.05, 0) is 12.8 Å². The molecule has 21 heavy (non-hydrogen) atoms. The number of aryl methyl sites for hydroxylation is 2. The number of unbranched alkanes of at least 4 members (excludes halogenated alkanes) is 1. The predicted molar refractivity (Wildman–Crippen MR) is 66.4 cm³/mol. The number of carbonyl (C=O) groups is 1. The number of nitrogens with one attached hydrogen (secondary N) is 1. The third-order valence-electron chi connectivity index (χ3n) is 2.46. The molecule has 0 atom stereocenters. The summed E-state index contributed by atoms with van der Waals surface area (Å²) in [5.41, 5.74) is 1.29. The van der Waals surface area contributed by atoms with Gasteiger partial charge in [0.25, 0.3) is 5.91 Å². The number of alkyl halides is 3. The second kappa shape index (κ2) is 6.61. The van der Waals surface area contributed by atoms with E-state index in [4.69, 9.17) is 0 Å². The highest BCUT2D eigenvalue weighted by molar-refractivity contribution is 7.09. The van der Waals surface area contributed by atoms with Crippen LogP contribution in [0.5, 0.6) is 0 Å². The molecule has 2 rings (SSSR count). The molecule has 114 valence electrons. The number of carbonyl (C=O) groups excluding carboxylic acids is 1.